The Morgan fingerprint density at radius 1 is 0.857 bits per heavy atom. The molecule has 0 saturated heterocycles. The number of carbonyl (C=O) groups excluding carboxylic acids is 2. The highest BCUT2D eigenvalue weighted by molar-refractivity contribution is 7.92. The molecule has 4 aromatic carbocycles. The molecule has 0 spiro atoms. The van der Waals surface area contributed by atoms with Crippen molar-refractivity contribution in [1.29, 1.82) is 0 Å². The molecular weight excluding hydrogens is 666 g/mol. The number of hydrogen-bond acceptors (Lipinski definition) is 7. The molecule has 4 rings (SSSR count). The van der Waals surface area contributed by atoms with E-state index in [1.807, 2.05) is 51.1 Å². The van der Waals surface area contributed by atoms with E-state index in [1.54, 1.807) is 48.5 Å². The van der Waals surface area contributed by atoms with Gasteiger partial charge in [0.15, 0.2) is 11.5 Å². The second-order valence-corrected chi connectivity index (χ2v) is 13.7. The van der Waals surface area contributed by atoms with Gasteiger partial charge in [-0.15, -0.1) is 0 Å². The molecule has 12 heteroatoms. The van der Waals surface area contributed by atoms with Gasteiger partial charge in [0.25, 0.3) is 10.0 Å². The van der Waals surface area contributed by atoms with E-state index in [1.165, 1.54) is 37.3 Å². The minimum Gasteiger partial charge on any atom is -0.494 e. The predicted molar refractivity (Wildman–Crippen MR) is 191 cm³/mol. The molecule has 0 aliphatic heterocycles. The third-order valence-corrected chi connectivity index (χ3v) is 9.80. The highest BCUT2D eigenvalue weighted by Gasteiger charge is 2.35. The molecule has 49 heavy (non-hydrogen) atoms. The number of amides is 2. The number of hydrogen-bond donors (Lipinski definition) is 1. The molecule has 260 valence electrons. The summed E-state index contributed by atoms with van der Waals surface area (Å²) < 4.78 is 46.2. The van der Waals surface area contributed by atoms with Gasteiger partial charge in [-0.2, -0.15) is 0 Å². The summed E-state index contributed by atoms with van der Waals surface area (Å²) in [4.78, 5) is 29.8. The zero-order valence-corrected chi connectivity index (χ0v) is 29.8. The molecule has 0 bridgehead atoms. The molecule has 0 radical (unpaired) electrons. The molecule has 1 atom stereocenters. The third kappa shape index (κ3) is 9.45. The molecule has 0 saturated carbocycles. The van der Waals surface area contributed by atoms with Gasteiger partial charge in [-0.25, -0.2) is 8.42 Å². The minimum atomic E-state index is -4.39. The fraction of sp³-hybridized carbons (Fsp3) is 0.297. The quantitative estimate of drug-likeness (QED) is 0.149. The van der Waals surface area contributed by atoms with Crippen LogP contribution in [-0.2, 0) is 32.6 Å². The molecule has 1 unspecified atom stereocenters. The maximum Gasteiger partial charge on any atom is 0.264 e. The van der Waals surface area contributed by atoms with Gasteiger partial charge in [0, 0.05) is 30.1 Å². The Morgan fingerprint density at radius 2 is 1.51 bits per heavy atom. The third-order valence-electron chi connectivity index (χ3n) is 7.66. The zero-order valence-electron chi connectivity index (χ0n) is 28.3. The highest BCUT2D eigenvalue weighted by atomic mass is 35.5. The molecule has 0 fully saturated rings. The summed E-state index contributed by atoms with van der Waals surface area (Å²) in [5.41, 5.74) is 1.64. The average Bonchev–Trinajstić information content (AvgIpc) is 3.09. The molecule has 1 N–H and O–H groups in total. The number of nitrogens with zero attached hydrogens (tertiary/aromatic N) is 2. The van der Waals surface area contributed by atoms with E-state index < -0.39 is 28.5 Å². The SMILES string of the molecule is CCOc1ccc(N(CC(=O)N(Cc2ccccc2Cl)C(Cc2ccccc2)C(=O)NC(C)C)S(=O)(=O)c2ccc(OC)c(OC)c2)cc1. The summed E-state index contributed by atoms with van der Waals surface area (Å²) in [6.45, 7) is 5.26. The van der Waals surface area contributed by atoms with Crippen molar-refractivity contribution in [3.05, 3.63) is 113 Å². The maximum atomic E-state index is 14.7. The summed E-state index contributed by atoms with van der Waals surface area (Å²) in [5, 5.41) is 3.35. The molecule has 0 aromatic heterocycles. The van der Waals surface area contributed by atoms with Crippen molar-refractivity contribution in [2.45, 2.75) is 50.7 Å². The van der Waals surface area contributed by atoms with E-state index in [2.05, 4.69) is 5.32 Å². The summed E-state index contributed by atoms with van der Waals surface area (Å²) in [7, 11) is -1.53. The highest BCUT2D eigenvalue weighted by Crippen LogP contribution is 2.33. The van der Waals surface area contributed by atoms with Crippen LogP contribution in [0.2, 0.25) is 5.02 Å². The van der Waals surface area contributed by atoms with Crippen molar-refractivity contribution >= 4 is 39.1 Å². The van der Waals surface area contributed by atoms with Crippen molar-refractivity contribution < 1.29 is 32.2 Å². The van der Waals surface area contributed by atoms with Crippen molar-refractivity contribution in [3.63, 3.8) is 0 Å². The molecule has 0 aliphatic carbocycles. The number of ether oxygens (including phenoxy) is 3. The molecule has 0 aliphatic rings. The number of halogens is 1. The number of carbonyl (C=O) groups is 2. The smallest absolute Gasteiger partial charge is 0.264 e. The first-order valence-electron chi connectivity index (χ1n) is 15.8. The van der Waals surface area contributed by atoms with Crippen molar-refractivity contribution in [1.82, 2.24) is 10.2 Å². The van der Waals surface area contributed by atoms with Crippen LogP contribution >= 0.6 is 11.6 Å². The van der Waals surface area contributed by atoms with Crippen LogP contribution < -0.4 is 23.8 Å². The first kappa shape index (κ1) is 37.1. The molecule has 0 heterocycles. The summed E-state index contributed by atoms with van der Waals surface area (Å²) >= 11 is 6.57. The normalized spacial score (nSPS) is 11.8. The van der Waals surface area contributed by atoms with Crippen molar-refractivity contribution in [2.75, 3.05) is 31.7 Å². The lowest BCUT2D eigenvalue weighted by atomic mass is 10.0. The standard InChI is InChI=1S/C37H42ClN3O7S/c1-6-48-30-18-16-29(17-19-30)41(49(44,45)31-20-21-34(46-4)35(23-31)47-5)25-36(42)40(24-28-14-10-11-15-32(28)38)33(37(43)39-26(2)3)22-27-12-8-7-9-13-27/h7-21,23,26,33H,6,22,24-25H2,1-5H3,(H,39,43). The summed E-state index contributed by atoms with van der Waals surface area (Å²) in [6, 6.07) is 25.8. The lowest BCUT2D eigenvalue weighted by Gasteiger charge is -2.34. The molecule has 4 aromatic rings. The number of benzene rings is 4. The van der Waals surface area contributed by atoms with Crippen LogP contribution in [0.15, 0.2) is 102 Å². The zero-order chi connectivity index (χ0) is 35.6. The Morgan fingerprint density at radius 3 is 2.12 bits per heavy atom. The topological polar surface area (TPSA) is 114 Å². The Balaban J connectivity index is 1.84. The number of nitrogens with one attached hydrogen (secondary N) is 1. The fourth-order valence-electron chi connectivity index (χ4n) is 5.25. The van der Waals surface area contributed by atoms with Crippen LogP contribution in [0.25, 0.3) is 0 Å². The first-order chi connectivity index (χ1) is 23.5. The Kier molecular flexibility index (Phi) is 12.9. The fourth-order valence-corrected chi connectivity index (χ4v) is 6.88. The van der Waals surface area contributed by atoms with Crippen molar-refractivity contribution in [3.8, 4) is 17.2 Å². The van der Waals surface area contributed by atoms with Crippen LogP contribution in [0.4, 0.5) is 5.69 Å². The molecule has 10 nitrogen and oxygen atoms in total. The molecular formula is C37H42ClN3O7S. The van der Waals surface area contributed by atoms with E-state index in [4.69, 9.17) is 25.8 Å². The van der Waals surface area contributed by atoms with E-state index in [-0.39, 0.29) is 41.2 Å². The van der Waals surface area contributed by atoms with Gasteiger partial charge >= 0.3 is 0 Å². The first-order valence-corrected chi connectivity index (χ1v) is 17.6. The molecule has 2 amide bonds. The Hall–Kier alpha value is -4.74. The van der Waals surface area contributed by atoms with Gasteiger partial charge in [-0.1, -0.05) is 60.1 Å². The Bertz CT molecular complexity index is 1820. The second kappa shape index (κ2) is 17.1. The summed E-state index contributed by atoms with van der Waals surface area (Å²) in [5.74, 6) is 0.0909. The number of rotatable bonds is 16. The van der Waals surface area contributed by atoms with Gasteiger partial charge in [0.05, 0.1) is 31.4 Å². The van der Waals surface area contributed by atoms with Gasteiger partial charge < -0.3 is 24.4 Å². The van der Waals surface area contributed by atoms with Crippen LogP contribution in [0.3, 0.4) is 0 Å². The predicted octanol–water partition coefficient (Wildman–Crippen LogP) is 6.12. The number of methoxy groups -OCH3 is 2. The van der Waals surface area contributed by atoms with E-state index >= 15 is 0 Å². The lowest BCUT2D eigenvalue weighted by Crippen LogP contribution is -2.54. The second-order valence-electron chi connectivity index (χ2n) is 11.4. The van der Waals surface area contributed by atoms with Crippen LogP contribution in [0, 0.1) is 0 Å². The average molecular weight is 708 g/mol. The summed E-state index contributed by atoms with van der Waals surface area (Å²) in [6.07, 6.45) is 0.182. The lowest BCUT2D eigenvalue weighted by molar-refractivity contribution is -0.140. The number of anilines is 1. The van der Waals surface area contributed by atoms with Crippen LogP contribution in [-0.4, -0.2) is 64.6 Å². The Labute approximate surface area is 293 Å². The van der Waals surface area contributed by atoms with E-state index in [0.29, 0.717) is 28.7 Å². The van der Waals surface area contributed by atoms with Gasteiger partial charge in [-0.05, 0) is 74.4 Å². The van der Waals surface area contributed by atoms with Crippen LogP contribution in [0.5, 0.6) is 17.2 Å². The van der Waals surface area contributed by atoms with Gasteiger partial charge in [0.2, 0.25) is 11.8 Å². The maximum absolute atomic E-state index is 14.7. The largest absolute Gasteiger partial charge is 0.494 e. The van der Waals surface area contributed by atoms with Crippen molar-refractivity contribution in [2.24, 2.45) is 0 Å². The van der Waals surface area contributed by atoms with Gasteiger partial charge in [0.1, 0.15) is 18.3 Å². The number of sulfonamides is 1. The van der Waals surface area contributed by atoms with Crippen LogP contribution in [0.1, 0.15) is 31.9 Å². The monoisotopic (exact) mass is 707 g/mol. The van der Waals surface area contributed by atoms with E-state index in [9.17, 15) is 18.0 Å². The van der Waals surface area contributed by atoms with Gasteiger partial charge in [-0.3, -0.25) is 13.9 Å². The minimum absolute atomic E-state index is 0.0466. The van der Waals surface area contributed by atoms with E-state index in [0.717, 1.165) is 9.87 Å².